The number of hydrogen-bond donors (Lipinski definition) is 3. The molecule has 0 aliphatic heterocycles. The number of fused-ring (bicyclic) bond motifs is 1. The van der Waals surface area contributed by atoms with E-state index in [1.807, 2.05) is 25.1 Å². The molecule has 4 aromatic rings. The second kappa shape index (κ2) is 9.06. The Morgan fingerprint density at radius 1 is 1.03 bits per heavy atom. The average Bonchev–Trinajstić information content (AvgIpc) is 3.36. The highest BCUT2D eigenvalue weighted by Gasteiger charge is 2.15. The number of rotatable bonds is 6. The number of benzene rings is 2. The number of carbonyl (C=O) groups is 2. The zero-order valence-corrected chi connectivity index (χ0v) is 17.8. The maximum absolute atomic E-state index is 12.9. The van der Waals surface area contributed by atoms with Crippen molar-refractivity contribution in [1.29, 1.82) is 0 Å². The largest absolute Gasteiger partial charge is 0.494 e. The van der Waals surface area contributed by atoms with Crippen LogP contribution >= 0.6 is 22.7 Å². The fourth-order valence-electron chi connectivity index (χ4n) is 2.60. The van der Waals surface area contributed by atoms with E-state index in [0.717, 1.165) is 27.3 Å². The highest BCUT2D eigenvalue weighted by molar-refractivity contribution is 7.22. The van der Waals surface area contributed by atoms with Gasteiger partial charge in [0.15, 0.2) is 10.3 Å². The SMILES string of the molecule is CCOc1ccc2nc(NC(=O)c3csc(NC(=O)Nc4ccc(F)cc4)n3)sc2c1. The third-order valence-electron chi connectivity index (χ3n) is 3.95. The smallest absolute Gasteiger partial charge is 0.325 e. The standard InChI is InChI=1S/C20H16FN5O3S2/c1-2-29-13-7-8-14-16(9-13)31-20(23-14)25-17(27)15-10-30-19(24-15)26-18(28)22-12-5-3-11(21)4-6-12/h3-10H,2H2,1H3,(H,23,25,27)(H2,22,24,26,28). The molecular formula is C20H16FN5O3S2. The Hall–Kier alpha value is -3.57. The molecule has 8 nitrogen and oxygen atoms in total. The minimum absolute atomic E-state index is 0.149. The predicted molar refractivity (Wildman–Crippen MR) is 120 cm³/mol. The van der Waals surface area contributed by atoms with Crippen molar-refractivity contribution in [2.45, 2.75) is 6.92 Å². The van der Waals surface area contributed by atoms with E-state index >= 15 is 0 Å². The van der Waals surface area contributed by atoms with Crippen molar-refractivity contribution in [3.63, 3.8) is 0 Å². The molecule has 3 N–H and O–H groups in total. The van der Waals surface area contributed by atoms with Crippen LogP contribution in [0.4, 0.5) is 25.1 Å². The van der Waals surface area contributed by atoms with Gasteiger partial charge in [0.05, 0.1) is 16.8 Å². The van der Waals surface area contributed by atoms with Crippen LogP contribution in [0.5, 0.6) is 5.75 Å². The van der Waals surface area contributed by atoms with E-state index in [1.165, 1.54) is 41.0 Å². The molecule has 0 radical (unpaired) electrons. The summed E-state index contributed by atoms with van der Waals surface area (Å²) in [6, 6.07) is 10.3. The van der Waals surface area contributed by atoms with Crippen molar-refractivity contribution in [1.82, 2.24) is 9.97 Å². The lowest BCUT2D eigenvalue weighted by Crippen LogP contribution is -2.19. The molecule has 0 aliphatic carbocycles. The number of aromatic nitrogens is 2. The number of anilines is 3. The molecule has 0 saturated carbocycles. The summed E-state index contributed by atoms with van der Waals surface area (Å²) < 4.78 is 19.3. The van der Waals surface area contributed by atoms with E-state index in [4.69, 9.17) is 4.74 Å². The first-order valence-electron chi connectivity index (χ1n) is 9.14. The van der Waals surface area contributed by atoms with E-state index in [1.54, 1.807) is 0 Å². The monoisotopic (exact) mass is 457 g/mol. The van der Waals surface area contributed by atoms with Gasteiger partial charge in [0.1, 0.15) is 17.3 Å². The number of nitrogens with zero attached hydrogens (tertiary/aromatic N) is 2. The first-order valence-corrected chi connectivity index (χ1v) is 10.8. The van der Waals surface area contributed by atoms with E-state index < -0.39 is 17.8 Å². The number of amides is 3. The van der Waals surface area contributed by atoms with E-state index in [2.05, 4.69) is 25.9 Å². The third-order valence-corrected chi connectivity index (χ3v) is 5.64. The molecule has 2 aromatic heterocycles. The summed E-state index contributed by atoms with van der Waals surface area (Å²) in [5.41, 5.74) is 1.33. The first-order chi connectivity index (χ1) is 15.0. The Kier molecular flexibility index (Phi) is 6.05. The summed E-state index contributed by atoms with van der Waals surface area (Å²) in [5, 5.41) is 10.0. The quantitative estimate of drug-likeness (QED) is 0.370. The zero-order chi connectivity index (χ0) is 21.8. The van der Waals surface area contributed by atoms with Crippen molar-refractivity contribution >= 4 is 60.8 Å². The van der Waals surface area contributed by atoms with Gasteiger partial charge in [0, 0.05) is 11.1 Å². The van der Waals surface area contributed by atoms with Crippen molar-refractivity contribution in [3.05, 3.63) is 59.4 Å². The number of urea groups is 1. The van der Waals surface area contributed by atoms with Gasteiger partial charge in [-0.1, -0.05) is 11.3 Å². The summed E-state index contributed by atoms with van der Waals surface area (Å²) in [6.45, 7) is 2.47. The highest BCUT2D eigenvalue weighted by atomic mass is 32.1. The van der Waals surface area contributed by atoms with Crippen LogP contribution in [0.25, 0.3) is 10.2 Å². The van der Waals surface area contributed by atoms with Crippen LogP contribution < -0.4 is 20.7 Å². The van der Waals surface area contributed by atoms with Crippen LogP contribution in [-0.2, 0) is 0 Å². The topological polar surface area (TPSA) is 105 Å². The molecule has 11 heteroatoms. The highest BCUT2D eigenvalue weighted by Crippen LogP contribution is 2.29. The van der Waals surface area contributed by atoms with E-state index in [9.17, 15) is 14.0 Å². The van der Waals surface area contributed by atoms with E-state index in [0.29, 0.717) is 17.4 Å². The molecular weight excluding hydrogens is 441 g/mol. The Labute approximate surface area is 184 Å². The molecule has 2 heterocycles. The summed E-state index contributed by atoms with van der Waals surface area (Å²) in [7, 11) is 0. The van der Waals surface area contributed by atoms with Gasteiger partial charge in [-0.3, -0.25) is 15.4 Å². The summed E-state index contributed by atoms with van der Waals surface area (Å²) in [6.07, 6.45) is 0. The molecule has 31 heavy (non-hydrogen) atoms. The third kappa shape index (κ3) is 5.13. The molecule has 158 valence electrons. The predicted octanol–water partition coefficient (Wildman–Crippen LogP) is 5.19. The Bertz CT molecular complexity index is 1240. The van der Waals surface area contributed by atoms with Crippen molar-refractivity contribution < 1.29 is 18.7 Å². The number of ether oxygens (including phenoxy) is 1. The maximum Gasteiger partial charge on any atom is 0.325 e. The van der Waals surface area contributed by atoms with Gasteiger partial charge in [-0.2, -0.15) is 0 Å². The van der Waals surface area contributed by atoms with Crippen LogP contribution in [0, 0.1) is 5.82 Å². The number of halogens is 1. The van der Waals surface area contributed by atoms with Gasteiger partial charge in [0.2, 0.25) is 0 Å². The average molecular weight is 458 g/mol. The van der Waals surface area contributed by atoms with Gasteiger partial charge in [-0.05, 0) is 49.4 Å². The fraction of sp³-hybridized carbons (Fsp3) is 0.100. The molecule has 0 unspecified atom stereocenters. The Balaban J connectivity index is 1.38. The Morgan fingerprint density at radius 3 is 2.61 bits per heavy atom. The van der Waals surface area contributed by atoms with Crippen LogP contribution in [0.3, 0.4) is 0 Å². The molecule has 0 spiro atoms. The minimum atomic E-state index is -0.552. The van der Waals surface area contributed by atoms with Crippen LogP contribution in [0.15, 0.2) is 47.8 Å². The first kappa shape index (κ1) is 20.7. The molecule has 4 rings (SSSR count). The van der Waals surface area contributed by atoms with Crippen LogP contribution in [0.1, 0.15) is 17.4 Å². The summed E-state index contributed by atoms with van der Waals surface area (Å²) in [4.78, 5) is 33.0. The maximum atomic E-state index is 12.9. The molecule has 0 saturated heterocycles. The number of nitrogens with one attached hydrogen (secondary N) is 3. The molecule has 0 bridgehead atoms. The lowest BCUT2D eigenvalue weighted by atomic mass is 10.3. The lowest BCUT2D eigenvalue weighted by Gasteiger charge is -2.04. The minimum Gasteiger partial charge on any atom is -0.494 e. The van der Waals surface area contributed by atoms with Gasteiger partial charge in [-0.15, -0.1) is 11.3 Å². The lowest BCUT2D eigenvalue weighted by molar-refractivity contribution is 0.102. The number of carbonyl (C=O) groups excluding carboxylic acids is 2. The normalized spacial score (nSPS) is 10.6. The fourth-order valence-corrected chi connectivity index (χ4v) is 4.18. The number of hydrogen-bond acceptors (Lipinski definition) is 7. The van der Waals surface area contributed by atoms with Crippen LogP contribution in [-0.4, -0.2) is 28.5 Å². The van der Waals surface area contributed by atoms with Gasteiger partial charge < -0.3 is 10.1 Å². The zero-order valence-electron chi connectivity index (χ0n) is 16.1. The summed E-state index contributed by atoms with van der Waals surface area (Å²) >= 11 is 2.43. The second-order valence-corrected chi connectivity index (χ2v) is 8.05. The molecule has 0 fully saturated rings. The number of thiazole rings is 2. The van der Waals surface area contributed by atoms with Gasteiger partial charge >= 0.3 is 6.03 Å². The molecule has 3 amide bonds. The second-order valence-electron chi connectivity index (χ2n) is 6.16. The Morgan fingerprint density at radius 2 is 1.84 bits per heavy atom. The molecule has 0 aliphatic rings. The van der Waals surface area contributed by atoms with E-state index in [-0.39, 0.29) is 10.8 Å². The van der Waals surface area contributed by atoms with Gasteiger partial charge in [0.25, 0.3) is 5.91 Å². The van der Waals surface area contributed by atoms with Crippen molar-refractivity contribution in [2.75, 3.05) is 22.6 Å². The molecule has 2 aromatic carbocycles. The van der Waals surface area contributed by atoms with Gasteiger partial charge in [-0.25, -0.2) is 19.2 Å². The van der Waals surface area contributed by atoms with Crippen LogP contribution in [0.2, 0.25) is 0 Å². The van der Waals surface area contributed by atoms with Crippen molar-refractivity contribution in [2.24, 2.45) is 0 Å². The summed E-state index contributed by atoms with van der Waals surface area (Å²) in [5.74, 6) is -0.0950. The molecule has 0 atom stereocenters. The van der Waals surface area contributed by atoms with Crippen molar-refractivity contribution in [3.8, 4) is 5.75 Å².